The van der Waals surface area contributed by atoms with Gasteiger partial charge in [0.1, 0.15) is 45.8 Å². The van der Waals surface area contributed by atoms with E-state index >= 15 is 0 Å². The summed E-state index contributed by atoms with van der Waals surface area (Å²) in [5.41, 5.74) is 12.4. The van der Waals surface area contributed by atoms with E-state index < -0.39 is 0 Å². The molecule has 10 aromatic rings. The van der Waals surface area contributed by atoms with E-state index in [0.717, 1.165) is 78.3 Å². The van der Waals surface area contributed by atoms with Gasteiger partial charge in [-0.15, -0.1) is 0 Å². The molecule has 0 unspecified atom stereocenters. The summed E-state index contributed by atoms with van der Waals surface area (Å²) in [6.07, 6.45) is 3.05. The summed E-state index contributed by atoms with van der Waals surface area (Å²) >= 11 is 13.3. The molecule has 0 atom stereocenters. The molecule has 0 aliphatic heterocycles. The van der Waals surface area contributed by atoms with Gasteiger partial charge in [0.2, 0.25) is 0 Å². The number of rotatable bonds is 10. The molecule has 4 heterocycles. The minimum absolute atomic E-state index is 0. The third-order valence-electron chi connectivity index (χ3n) is 10.8. The van der Waals surface area contributed by atoms with Crippen molar-refractivity contribution < 1.29 is 9.47 Å². The molecule has 63 heavy (non-hydrogen) atoms. The van der Waals surface area contributed by atoms with Crippen molar-refractivity contribution in [2.24, 2.45) is 0 Å². The standard InChI is InChI=1S/2C26H20ClN3O.CH4/c1-31-21-14-12-19(13-15-21)22-23-25(27)28-17-29-26(23)30(16-18-8-4-2-5-9-18)24(22)20-10-6-3-7-11-20;1-31-21-14-12-20(13-15-21)24-22(19-10-6-3-7-11-19)23-25(27)28-17-29-26(23)30(24)16-18-8-4-2-5-9-18;/h2*2-15,17H,16H2,1H3;1H4. The van der Waals surface area contributed by atoms with Crippen molar-refractivity contribution in [2.45, 2.75) is 20.5 Å². The van der Waals surface area contributed by atoms with Gasteiger partial charge < -0.3 is 18.6 Å². The van der Waals surface area contributed by atoms with E-state index in [1.54, 1.807) is 14.2 Å². The molecule has 0 N–H and O–H groups in total. The van der Waals surface area contributed by atoms with Crippen LogP contribution in [0.15, 0.2) is 183 Å². The fourth-order valence-electron chi connectivity index (χ4n) is 7.98. The van der Waals surface area contributed by atoms with Crippen LogP contribution in [-0.4, -0.2) is 43.3 Å². The molecule has 0 spiro atoms. The second-order valence-electron chi connectivity index (χ2n) is 14.5. The number of hydrogen-bond acceptors (Lipinski definition) is 6. The van der Waals surface area contributed by atoms with Gasteiger partial charge in [-0.3, -0.25) is 0 Å². The van der Waals surface area contributed by atoms with Crippen LogP contribution in [-0.2, 0) is 13.1 Å². The number of benzene rings is 6. The van der Waals surface area contributed by atoms with Crippen LogP contribution in [0, 0.1) is 0 Å². The summed E-state index contributed by atoms with van der Waals surface area (Å²) in [6, 6.07) is 57.5. The first-order valence-corrected chi connectivity index (χ1v) is 20.8. The van der Waals surface area contributed by atoms with Crippen molar-refractivity contribution in [3.8, 4) is 56.3 Å². The molecule has 8 nitrogen and oxygen atoms in total. The predicted molar refractivity (Wildman–Crippen MR) is 258 cm³/mol. The maximum atomic E-state index is 6.66. The topological polar surface area (TPSA) is 79.9 Å². The second-order valence-corrected chi connectivity index (χ2v) is 15.2. The Morgan fingerprint density at radius 1 is 0.413 bits per heavy atom. The van der Waals surface area contributed by atoms with Gasteiger partial charge in [-0.25, -0.2) is 19.9 Å². The fraction of sp³-hybridized carbons (Fsp3) is 0.0943. The van der Waals surface area contributed by atoms with Crippen LogP contribution in [0.2, 0.25) is 10.3 Å². The zero-order valence-corrected chi connectivity index (χ0v) is 35.5. The van der Waals surface area contributed by atoms with Crippen LogP contribution in [0.5, 0.6) is 11.5 Å². The van der Waals surface area contributed by atoms with Crippen LogP contribution in [0.1, 0.15) is 18.6 Å². The molecule has 0 saturated heterocycles. The monoisotopic (exact) mass is 866 g/mol. The fourth-order valence-corrected chi connectivity index (χ4v) is 8.42. The highest BCUT2D eigenvalue weighted by Gasteiger charge is 2.25. The maximum Gasteiger partial charge on any atom is 0.146 e. The van der Waals surface area contributed by atoms with Gasteiger partial charge in [-0.1, -0.05) is 164 Å². The Kier molecular flexibility index (Phi) is 12.9. The van der Waals surface area contributed by atoms with Gasteiger partial charge in [0.15, 0.2) is 0 Å². The lowest BCUT2D eigenvalue weighted by Crippen LogP contribution is -2.03. The molecule has 0 saturated carbocycles. The lowest BCUT2D eigenvalue weighted by molar-refractivity contribution is 0.415. The number of fused-ring (bicyclic) bond motifs is 2. The highest BCUT2D eigenvalue weighted by molar-refractivity contribution is 6.36. The Morgan fingerprint density at radius 2 is 0.746 bits per heavy atom. The number of aromatic nitrogens is 6. The Labute approximate surface area is 377 Å². The van der Waals surface area contributed by atoms with Crippen molar-refractivity contribution in [1.29, 1.82) is 0 Å². The number of halogens is 2. The van der Waals surface area contributed by atoms with Crippen molar-refractivity contribution in [1.82, 2.24) is 29.1 Å². The lowest BCUT2D eigenvalue weighted by atomic mass is 9.99. The zero-order valence-electron chi connectivity index (χ0n) is 34.0. The molecule has 10 heteroatoms. The Morgan fingerprint density at radius 3 is 1.14 bits per heavy atom. The number of ether oxygens (including phenoxy) is 2. The van der Waals surface area contributed by atoms with E-state index in [0.29, 0.717) is 23.4 Å². The molecule has 4 aromatic heterocycles. The lowest BCUT2D eigenvalue weighted by Gasteiger charge is -2.13. The highest BCUT2D eigenvalue weighted by atomic mass is 35.5. The molecule has 0 aliphatic rings. The van der Waals surface area contributed by atoms with E-state index in [2.05, 4.69) is 114 Å². The number of hydrogen-bond donors (Lipinski definition) is 0. The summed E-state index contributed by atoms with van der Waals surface area (Å²) in [7, 11) is 3.34. The third kappa shape index (κ3) is 8.64. The van der Waals surface area contributed by atoms with E-state index in [4.69, 9.17) is 32.7 Å². The Hall–Kier alpha value is -7.26. The SMILES string of the molecule is C.COc1ccc(-c2c(-c3ccccc3)c3c(Cl)ncnc3n2Cc2ccccc2)cc1.COc1ccc(-c2c(-c3ccccc3)n(Cc3ccccc3)c3ncnc(Cl)c23)cc1. The molecule has 0 radical (unpaired) electrons. The maximum absolute atomic E-state index is 6.66. The molecular weight excluding hydrogens is 824 g/mol. The van der Waals surface area contributed by atoms with Crippen LogP contribution >= 0.6 is 23.2 Å². The summed E-state index contributed by atoms with van der Waals surface area (Å²) < 4.78 is 15.2. The summed E-state index contributed by atoms with van der Waals surface area (Å²) in [5.74, 6) is 1.62. The van der Waals surface area contributed by atoms with Gasteiger partial charge in [0.25, 0.3) is 0 Å². The normalized spacial score (nSPS) is 10.9. The molecule has 0 aliphatic carbocycles. The van der Waals surface area contributed by atoms with Gasteiger partial charge in [-0.05, 0) is 69.8 Å². The van der Waals surface area contributed by atoms with Crippen LogP contribution < -0.4 is 9.47 Å². The van der Waals surface area contributed by atoms with Crippen LogP contribution in [0.4, 0.5) is 0 Å². The minimum atomic E-state index is 0. The average molecular weight is 868 g/mol. The van der Waals surface area contributed by atoms with Gasteiger partial charge in [0, 0.05) is 24.2 Å². The first kappa shape index (κ1) is 42.4. The largest absolute Gasteiger partial charge is 0.497 e. The summed E-state index contributed by atoms with van der Waals surface area (Å²) in [6.45, 7) is 1.34. The van der Waals surface area contributed by atoms with Crippen LogP contribution in [0.3, 0.4) is 0 Å². The molecule has 6 aromatic carbocycles. The zero-order chi connectivity index (χ0) is 42.4. The third-order valence-corrected chi connectivity index (χ3v) is 11.4. The Balaban J connectivity index is 0.000000170. The Bertz CT molecular complexity index is 3080. The van der Waals surface area contributed by atoms with Crippen LogP contribution in [0.25, 0.3) is 66.8 Å². The molecule has 0 bridgehead atoms. The van der Waals surface area contributed by atoms with E-state index in [1.807, 2.05) is 84.9 Å². The van der Waals surface area contributed by atoms with E-state index in [9.17, 15) is 0 Å². The van der Waals surface area contributed by atoms with E-state index in [1.165, 1.54) is 23.8 Å². The van der Waals surface area contributed by atoms with Gasteiger partial charge >= 0.3 is 0 Å². The van der Waals surface area contributed by atoms with Crippen molar-refractivity contribution in [2.75, 3.05) is 14.2 Å². The first-order chi connectivity index (χ1) is 30.5. The molecule has 10 rings (SSSR count). The second kappa shape index (κ2) is 19.2. The predicted octanol–water partition coefficient (Wildman–Crippen LogP) is 13.6. The summed E-state index contributed by atoms with van der Waals surface area (Å²) in [4.78, 5) is 17.9. The van der Waals surface area contributed by atoms with E-state index in [-0.39, 0.29) is 7.43 Å². The molecule has 0 amide bonds. The quantitative estimate of drug-likeness (QED) is 0.127. The smallest absolute Gasteiger partial charge is 0.146 e. The first-order valence-electron chi connectivity index (χ1n) is 20.0. The molecule has 0 fully saturated rings. The van der Waals surface area contributed by atoms with Gasteiger partial charge in [-0.2, -0.15) is 0 Å². The van der Waals surface area contributed by atoms with Gasteiger partial charge in [0.05, 0.1) is 36.4 Å². The van der Waals surface area contributed by atoms with Crippen molar-refractivity contribution in [3.05, 3.63) is 204 Å². The number of methoxy groups -OCH3 is 2. The number of nitrogens with zero attached hydrogens (tertiary/aromatic N) is 6. The van der Waals surface area contributed by atoms with Crippen molar-refractivity contribution in [3.63, 3.8) is 0 Å². The molecule has 312 valence electrons. The van der Waals surface area contributed by atoms with Crippen molar-refractivity contribution >= 4 is 45.3 Å². The summed E-state index contributed by atoms with van der Waals surface area (Å²) in [5, 5.41) is 2.60. The molecular formula is C53H44Cl2N6O2. The average Bonchev–Trinajstić information content (AvgIpc) is 3.84. The highest BCUT2D eigenvalue weighted by Crippen LogP contribution is 2.45. The minimum Gasteiger partial charge on any atom is -0.497 e.